The van der Waals surface area contributed by atoms with Gasteiger partial charge in [-0.3, -0.25) is 0 Å². The fraction of sp³-hybridized carbons (Fsp3) is 0.600. The lowest BCUT2D eigenvalue weighted by atomic mass is 10.1. The molecule has 0 saturated carbocycles. The predicted molar refractivity (Wildman–Crippen MR) is 77.3 cm³/mol. The molecule has 0 bridgehead atoms. The van der Waals surface area contributed by atoms with Crippen molar-refractivity contribution >= 4 is 0 Å². The molecule has 3 nitrogen and oxygen atoms in total. The fourth-order valence-electron chi connectivity index (χ4n) is 1.86. The summed E-state index contributed by atoms with van der Waals surface area (Å²) in [6.45, 7) is 3.96. The maximum atomic E-state index is 5.65. The number of unbranched alkanes of at least 4 members (excludes halogenated alkanes) is 1. The minimum absolute atomic E-state index is 0.474. The molecule has 1 aromatic rings. The summed E-state index contributed by atoms with van der Waals surface area (Å²) in [5, 5.41) is 6.51. The van der Waals surface area contributed by atoms with E-state index in [1.54, 1.807) is 0 Å². The van der Waals surface area contributed by atoms with E-state index in [0.29, 0.717) is 6.04 Å². The molecular formula is C15H26N2O. The second kappa shape index (κ2) is 8.95. The van der Waals surface area contributed by atoms with Crippen molar-refractivity contribution in [2.45, 2.75) is 32.2 Å². The van der Waals surface area contributed by atoms with Gasteiger partial charge in [-0.1, -0.05) is 25.5 Å². The number of nitrogens with one attached hydrogen (secondary N) is 2. The van der Waals surface area contributed by atoms with Crippen LogP contribution < -0.4 is 15.4 Å². The van der Waals surface area contributed by atoms with Crippen LogP contribution in [0.1, 0.15) is 25.3 Å². The van der Waals surface area contributed by atoms with Crippen molar-refractivity contribution in [1.82, 2.24) is 10.6 Å². The molecule has 1 rings (SSSR count). The molecule has 1 aromatic carbocycles. The van der Waals surface area contributed by atoms with E-state index in [0.717, 1.165) is 31.7 Å². The van der Waals surface area contributed by atoms with Crippen LogP contribution in [0, 0.1) is 0 Å². The van der Waals surface area contributed by atoms with Crippen LogP contribution in [0.5, 0.6) is 5.75 Å². The van der Waals surface area contributed by atoms with Crippen molar-refractivity contribution in [2.75, 3.05) is 27.2 Å². The molecular weight excluding hydrogens is 224 g/mol. The van der Waals surface area contributed by atoms with E-state index in [1.165, 1.54) is 12.0 Å². The molecule has 0 amide bonds. The van der Waals surface area contributed by atoms with Crippen molar-refractivity contribution in [3.63, 3.8) is 0 Å². The molecule has 2 N–H and O–H groups in total. The first-order valence-electron chi connectivity index (χ1n) is 6.83. The molecule has 0 fully saturated rings. The molecule has 0 radical (unpaired) electrons. The molecule has 0 aliphatic rings. The van der Waals surface area contributed by atoms with Gasteiger partial charge in [0, 0.05) is 12.6 Å². The van der Waals surface area contributed by atoms with Crippen LogP contribution in [0.2, 0.25) is 0 Å². The van der Waals surface area contributed by atoms with Gasteiger partial charge in [-0.05, 0) is 44.6 Å². The molecule has 3 heteroatoms. The smallest absolute Gasteiger partial charge is 0.119 e. The van der Waals surface area contributed by atoms with Crippen LogP contribution in [-0.2, 0) is 6.42 Å². The Balaban J connectivity index is 2.43. The highest BCUT2D eigenvalue weighted by Gasteiger charge is 2.05. The Morgan fingerprint density at radius 2 is 1.89 bits per heavy atom. The van der Waals surface area contributed by atoms with Gasteiger partial charge in [-0.25, -0.2) is 0 Å². The zero-order chi connectivity index (χ0) is 13.2. The molecule has 0 aromatic heterocycles. The average Bonchev–Trinajstić information content (AvgIpc) is 2.40. The van der Waals surface area contributed by atoms with Gasteiger partial charge in [0.05, 0.1) is 6.61 Å². The van der Waals surface area contributed by atoms with Gasteiger partial charge >= 0.3 is 0 Å². The van der Waals surface area contributed by atoms with Gasteiger partial charge in [-0.2, -0.15) is 0 Å². The van der Waals surface area contributed by atoms with E-state index >= 15 is 0 Å². The molecule has 102 valence electrons. The summed E-state index contributed by atoms with van der Waals surface area (Å²) in [6.07, 6.45) is 3.32. The molecule has 0 saturated heterocycles. The van der Waals surface area contributed by atoms with Gasteiger partial charge in [0.25, 0.3) is 0 Å². The number of rotatable bonds is 9. The highest BCUT2D eigenvalue weighted by Crippen LogP contribution is 2.13. The Morgan fingerprint density at radius 3 is 2.44 bits per heavy atom. The molecule has 1 unspecified atom stereocenters. The standard InChI is InChI=1S/C15H26N2O/c1-4-5-10-18-15-8-6-13(7-9-15)11-14(17-3)12-16-2/h6-9,14,16-17H,4-5,10-12H2,1-3H3. The number of ether oxygens (including phenoxy) is 1. The molecule has 18 heavy (non-hydrogen) atoms. The number of hydrogen-bond acceptors (Lipinski definition) is 3. The highest BCUT2D eigenvalue weighted by molar-refractivity contribution is 5.27. The second-order valence-electron chi connectivity index (χ2n) is 4.59. The lowest BCUT2D eigenvalue weighted by Crippen LogP contribution is -2.36. The van der Waals surface area contributed by atoms with Gasteiger partial charge in [0.2, 0.25) is 0 Å². The van der Waals surface area contributed by atoms with Crippen LogP contribution >= 0.6 is 0 Å². The largest absolute Gasteiger partial charge is 0.494 e. The maximum absolute atomic E-state index is 5.65. The Morgan fingerprint density at radius 1 is 1.17 bits per heavy atom. The highest BCUT2D eigenvalue weighted by atomic mass is 16.5. The van der Waals surface area contributed by atoms with Gasteiger partial charge < -0.3 is 15.4 Å². The van der Waals surface area contributed by atoms with Crippen LogP contribution in [-0.4, -0.2) is 33.3 Å². The lowest BCUT2D eigenvalue weighted by molar-refractivity contribution is 0.309. The maximum Gasteiger partial charge on any atom is 0.119 e. The minimum atomic E-state index is 0.474. The normalized spacial score (nSPS) is 12.4. The zero-order valence-electron chi connectivity index (χ0n) is 11.8. The third-order valence-corrected chi connectivity index (χ3v) is 3.03. The van der Waals surface area contributed by atoms with E-state index in [9.17, 15) is 0 Å². The minimum Gasteiger partial charge on any atom is -0.494 e. The molecule has 0 aliphatic carbocycles. The van der Waals surface area contributed by atoms with Gasteiger partial charge in [0.1, 0.15) is 5.75 Å². The number of hydrogen-bond donors (Lipinski definition) is 2. The van der Waals surface area contributed by atoms with Crippen molar-refractivity contribution in [3.05, 3.63) is 29.8 Å². The summed E-state index contributed by atoms with van der Waals surface area (Å²) in [6, 6.07) is 8.92. The van der Waals surface area contributed by atoms with Gasteiger partial charge in [0.15, 0.2) is 0 Å². The Hall–Kier alpha value is -1.06. The van der Waals surface area contributed by atoms with E-state index in [1.807, 2.05) is 14.1 Å². The summed E-state index contributed by atoms with van der Waals surface area (Å²) in [5.41, 5.74) is 1.34. The second-order valence-corrected chi connectivity index (χ2v) is 4.59. The third kappa shape index (κ3) is 5.52. The summed E-state index contributed by atoms with van der Waals surface area (Å²) in [7, 11) is 3.99. The van der Waals surface area contributed by atoms with Crippen LogP contribution in [0.25, 0.3) is 0 Å². The first-order chi connectivity index (χ1) is 8.80. The summed E-state index contributed by atoms with van der Waals surface area (Å²) in [4.78, 5) is 0. The molecule has 1 atom stereocenters. The summed E-state index contributed by atoms with van der Waals surface area (Å²) >= 11 is 0. The topological polar surface area (TPSA) is 33.3 Å². The molecule has 0 heterocycles. The Bertz CT molecular complexity index is 311. The van der Waals surface area contributed by atoms with E-state index in [4.69, 9.17) is 4.74 Å². The monoisotopic (exact) mass is 250 g/mol. The van der Waals surface area contributed by atoms with Crippen molar-refractivity contribution in [2.24, 2.45) is 0 Å². The molecule has 0 spiro atoms. The number of likely N-dealkylation sites (N-methyl/N-ethyl adjacent to an activating group) is 2. The Labute approximate surface area is 111 Å². The van der Waals surface area contributed by atoms with Crippen LogP contribution in [0.4, 0.5) is 0 Å². The van der Waals surface area contributed by atoms with Crippen LogP contribution in [0.15, 0.2) is 24.3 Å². The van der Waals surface area contributed by atoms with E-state index < -0.39 is 0 Å². The third-order valence-electron chi connectivity index (χ3n) is 3.03. The first kappa shape index (κ1) is 15.0. The Kier molecular flexibility index (Phi) is 7.46. The predicted octanol–water partition coefficient (Wildman–Crippen LogP) is 2.22. The van der Waals surface area contributed by atoms with E-state index in [-0.39, 0.29) is 0 Å². The molecule has 0 aliphatic heterocycles. The number of benzene rings is 1. The zero-order valence-corrected chi connectivity index (χ0v) is 11.8. The SMILES string of the molecule is CCCCOc1ccc(CC(CNC)NC)cc1. The van der Waals surface area contributed by atoms with Gasteiger partial charge in [-0.15, -0.1) is 0 Å². The summed E-state index contributed by atoms with van der Waals surface area (Å²) < 4.78 is 5.65. The lowest BCUT2D eigenvalue weighted by Gasteiger charge is -2.15. The van der Waals surface area contributed by atoms with E-state index in [2.05, 4.69) is 41.8 Å². The quantitative estimate of drug-likeness (QED) is 0.659. The summed E-state index contributed by atoms with van der Waals surface area (Å²) in [5.74, 6) is 0.974. The first-order valence-corrected chi connectivity index (χ1v) is 6.83. The van der Waals surface area contributed by atoms with Crippen LogP contribution in [0.3, 0.4) is 0 Å². The van der Waals surface area contributed by atoms with Crippen molar-refractivity contribution in [3.8, 4) is 5.75 Å². The van der Waals surface area contributed by atoms with Crippen molar-refractivity contribution < 1.29 is 4.74 Å². The van der Waals surface area contributed by atoms with Crippen molar-refractivity contribution in [1.29, 1.82) is 0 Å². The fourth-order valence-corrected chi connectivity index (χ4v) is 1.86. The average molecular weight is 250 g/mol.